The molecule has 9 aromatic carbocycles. The number of anilines is 1. The summed E-state index contributed by atoms with van der Waals surface area (Å²) in [6.07, 6.45) is 6.74. The van der Waals surface area contributed by atoms with Crippen LogP contribution in [0.4, 0.5) is 15.3 Å². The van der Waals surface area contributed by atoms with Gasteiger partial charge < -0.3 is 110 Å². The van der Waals surface area contributed by atoms with Crippen LogP contribution in [0.25, 0.3) is 0 Å². The van der Waals surface area contributed by atoms with Crippen LogP contribution in [0.3, 0.4) is 0 Å². The fourth-order valence-electron chi connectivity index (χ4n) is 11.8. The number of alkyl carbamates (subject to hydrolysis) is 2. The standard InChI is InChI=1S/C19H23ClO3.C17H20O3.C15H23NO3.C15H22O3.C13H19NO4.C12H18O3.C11H14BrNO3/c1-14-12-18(22-11-7-10-21-3)19(13-17(14)20)23-15(2)16-8-5-4-6-9-16;1-14-11-16(19-10-6-9-18-2)13-17(12-14)20-15-7-4-3-5-8-15;1-13-4-5-14(16-6-10-18-11-7-16)15(12-13)19-9-3-8-17-2;1-12-4-7-14(18-11-13-5-6-13)15(10-12)17-9-3-8-16-2;1-10-5-6-11(16-2)12(9-10)18-8-4-7-14-13(15)17-3;1-10-7-11(14-3)9-12(8-10)15-6-4-5-13-2;1-8-3-4-9(12)10(7-8)16-6-5-13-11(14)15-2/h4-6,8-9,12-13,15H,7,10-11H2,1-3H3;3-5,7-8,11-13H,6,9-10H2,1-2H3;4-5,12H,3,6-11H2,1-2H3;4,7,10,13H,3,5-6,8-9,11H2,1-2H3;5-6,9H,4,7-8H2,1-3H3,(H,14,15);7-9H,4-6H2,1-3H3;3-4,7H,5-6H2,1-2H3,(H,13,14). The van der Waals surface area contributed by atoms with Crippen molar-refractivity contribution in [2.24, 2.45) is 5.92 Å². The maximum atomic E-state index is 10.8. The molecule has 1 heterocycles. The van der Waals surface area contributed by atoms with E-state index < -0.39 is 12.2 Å². The number of ether oxygens (including phenoxy) is 20. The van der Waals surface area contributed by atoms with E-state index in [9.17, 15) is 9.59 Å². The topological polar surface area (TPSA) is 246 Å². The SMILES string of the molecule is COC(=O)NCCCOc1cc(C)ccc1OC.COC(=O)NCCOc1cc(C)ccc1Br.COCCCOc1cc(C)c(Cl)cc1OC(C)c1ccccc1.COCCCOc1cc(C)cc(OC)c1.COCCCOc1cc(C)cc(Oc2ccccc2)c1.COCCCOc1cc(C)ccc1N1CCOCC1.COCCCOc1cc(C)ccc1OCC1CC1. The number of methoxy groups -OCH3 is 9. The summed E-state index contributed by atoms with van der Waals surface area (Å²) in [6.45, 7) is 29.0. The second kappa shape index (κ2) is 65.9. The fraction of sp³-hybridized carbons (Fsp3) is 0.451. The highest BCUT2D eigenvalue weighted by molar-refractivity contribution is 9.10. The average molecular weight is 1870 g/mol. The molecule has 1 atom stereocenters. The second-order valence-electron chi connectivity index (χ2n) is 30.0. The molecule has 0 radical (unpaired) electrons. The number of amides is 2. The molecule has 25 nitrogen and oxygen atoms in total. The molecule has 2 N–H and O–H groups in total. The van der Waals surface area contributed by atoms with E-state index in [0.717, 1.165) is 186 Å². The molecular formula is C102H139BrClN3O22. The molecule has 2 aliphatic rings. The lowest BCUT2D eigenvalue weighted by Gasteiger charge is -2.30. The van der Waals surface area contributed by atoms with Crippen molar-refractivity contribution in [1.82, 2.24) is 10.6 Å². The molecule has 2 amide bonds. The average Bonchev–Trinajstić information content (AvgIpc) is 1.35. The van der Waals surface area contributed by atoms with E-state index in [-0.39, 0.29) is 6.10 Å². The first-order chi connectivity index (χ1) is 62.5. The zero-order valence-corrected chi connectivity index (χ0v) is 81.1. The summed E-state index contributed by atoms with van der Waals surface area (Å²) < 4.78 is 108. The van der Waals surface area contributed by atoms with E-state index in [0.29, 0.717) is 101 Å². The third-order valence-corrected chi connectivity index (χ3v) is 19.9. The van der Waals surface area contributed by atoms with Gasteiger partial charge in [-0.3, -0.25) is 0 Å². The third-order valence-electron chi connectivity index (χ3n) is 18.8. The second-order valence-corrected chi connectivity index (χ2v) is 31.3. The quantitative estimate of drug-likeness (QED) is 0.0337. The van der Waals surface area contributed by atoms with E-state index in [4.69, 9.17) is 96.9 Å². The number of aryl methyl sites for hydroxylation is 7. The predicted molar refractivity (Wildman–Crippen MR) is 514 cm³/mol. The van der Waals surface area contributed by atoms with Gasteiger partial charge in [0.05, 0.1) is 105 Å². The van der Waals surface area contributed by atoms with E-state index in [1.54, 1.807) is 49.8 Å². The zero-order chi connectivity index (χ0) is 93.6. The van der Waals surface area contributed by atoms with Crippen molar-refractivity contribution in [1.29, 1.82) is 0 Å². The lowest BCUT2D eigenvalue weighted by Crippen LogP contribution is -2.36. The Hall–Kier alpha value is -10.6. The Bertz CT molecular complexity index is 4540. The van der Waals surface area contributed by atoms with E-state index in [1.807, 2.05) is 199 Å². The van der Waals surface area contributed by atoms with Crippen molar-refractivity contribution >= 4 is 45.4 Å². The van der Waals surface area contributed by atoms with E-state index >= 15 is 0 Å². The number of nitrogens with one attached hydrogen (secondary N) is 2. The maximum Gasteiger partial charge on any atom is 0.406 e. The lowest BCUT2D eigenvalue weighted by atomic mass is 10.1. The molecule has 0 bridgehead atoms. The zero-order valence-electron chi connectivity index (χ0n) is 78.8. The van der Waals surface area contributed by atoms with Crippen LogP contribution in [0, 0.1) is 54.4 Å². The Morgan fingerprint density at radius 3 is 1.35 bits per heavy atom. The number of halogens is 2. The van der Waals surface area contributed by atoms with Crippen molar-refractivity contribution in [2.75, 3.05) is 194 Å². The summed E-state index contributed by atoms with van der Waals surface area (Å²) in [4.78, 5) is 23.9. The van der Waals surface area contributed by atoms with Crippen LogP contribution < -0.4 is 72.4 Å². The van der Waals surface area contributed by atoms with Crippen molar-refractivity contribution in [3.05, 3.63) is 236 Å². The number of hydrogen-bond acceptors (Lipinski definition) is 23. The number of morpholine rings is 1. The molecule has 1 aliphatic heterocycles. The van der Waals surface area contributed by atoms with Crippen LogP contribution in [0.15, 0.2) is 186 Å². The van der Waals surface area contributed by atoms with Crippen molar-refractivity contribution < 1.29 is 104 Å². The first-order valence-electron chi connectivity index (χ1n) is 43.6. The minimum Gasteiger partial charge on any atom is -0.497 e. The number of nitrogens with zero attached hydrogens (tertiary/aromatic N) is 1. The molecule has 0 aromatic heterocycles. The molecule has 1 aliphatic carbocycles. The Labute approximate surface area is 779 Å². The molecule has 9 aromatic rings. The van der Waals surface area contributed by atoms with Gasteiger partial charge in [-0.15, -0.1) is 0 Å². The third kappa shape index (κ3) is 47.0. The molecule has 0 spiro atoms. The van der Waals surface area contributed by atoms with Gasteiger partial charge in [0.1, 0.15) is 53.0 Å². The van der Waals surface area contributed by atoms with Crippen molar-refractivity contribution in [3.63, 3.8) is 0 Å². The fourth-order valence-corrected chi connectivity index (χ4v) is 12.3. The summed E-state index contributed by atoms with van der Waals surface area (Å²) in [5.41, 5.74) is 10.1. The molecule has 2 fully saturated rings. The molecule has 11 rings (SSSR count). The largest absolute Gasteiger partial charge is 0.497 e. The van der Waals surface area contributed by atoms with Gasteiger partial charge in [0.2, 0.25) is 0 Å². The minimum atomic E-state index is -0.452. The first kappa shape index (κ1) is 109. The van der Waals surface area contributed by atoms with E-state index in [2.05, 4.69) is 79.1 Å². The summed E-state index contributed by atoms with van der Waals surface area (Å²) in [5, 5.41) is 5.79. The molecular weight excluding hydrogens is 1730 g/mol. The minimum absolute atomic E-state index is 0.0868. The number of rotatable bonds is 45. The van der Waals surface area contributed by atoms with Gasteiger partial charge in [0.25, 0.3) is 0 Å². The first-order valence-corrected chi connectivity index (χ1v) is 44.8. The normalized spacial score (nSPS) is 11.8. The number of carbonyl (C=O) groups is 2. The highest BCUT2D eigenvalue weighted by Gasteiger charge is 2.23. The van der Waals surface area contributed by atoms with Gasteiger partial charge in [-0.25, -0.2) is 9.59 Å². The van der Waals surface area contributed by atoms with Crippen LogP contribution in [0.5, 0.6) is 74.7 Å². The molecule has 1 saturated heterocycles. The molecule has 27 heteroatoms. The molecule has 129 heavy (non-hydrogen) atoms. The van der Waals surface area contributed by atoms with Crippen LogP contribution in [0.2, 0.25) is 5.02 Å². The number of benzene rings is 9. The summed E-state index contributed by atoms with van der Waals surface area (Å²) in [7, 11) is 14.4. The number of carbonyl (C=O) groups excluding carboxylic acids is 2. The Balaban J connectivity index is 0.000000268. The van der Waals surface area contributed by atoms with Crippen LogP contribution in [-0.4, -0.2) is 201 Å². The van der Waals surface area contributed by atoms with Crippen molar-refractivity contribution in [3.8, 4) is 74.7 Å². The summed E-state index contributed by atoms with van der Waals surface area (Å²) >= 11 is 9.63. The summed E-state index contributed by atoms with van der Waals surface area (Å²) in [5.74, 6) is 11.1. The summed E-state index contributed by atoms with van der Waals surface area (Å²) in [6, 6.07) is 59.4. The monoisotopic (exact) mass is 1870 g/mol. The lowest BCUT2D eigenvalue weighted by molar-refractivity contribution is 0.122. The van der Waals surface area contributed by atoms with Gasteiger partial charge in [0.15, 0.2) is 34.5 Å². The highest BCUT2D eigenvalue weighted by atomic mass is 79.9. The molecule has 1 saturated carbocycles. The molecule has 1 unspecified atom stereocenters. The predicted octanol–water partition coefficient (Wildman–Crippen LogP) is 21.9. The Kier molecular flexibility index (Phi) is 55.7. The highest BCUT2D eigenvalue weighted by Crippen LogP contribution is 2.38. The van der Waals surface area contributed by atoms with Crippen LogP contribution >= 0.6 is 27.5 Å². The van der Waals surface area contributed by atoms with Gasteiger partial charge in [-0.2, -0.15) is 0 Å². The number of hydrogen-bond donors (Lipinski definition) is 2. The smallest absolute Gasteiger partial charge is 0.406 e. The van der Waals surface area contributed by atoms with Gasteiger partial charge in [0, 0.05) is 144 Å². The Morgan fingerprint density at radius 1 is 0.395 bits per heavy atom. The van der Waals surface area contributed by atoms with Crippen LogP contribution in [0.1, 0.15) is 109 Å². The van der Waals surface area contributed by atoms with Gasteiger partial charge in [-0.1, -0.05) is 84.4 Å². The van der Waals surface area contributed by atoms with Crippen LogP contribution in [-0.2, 0) is 37.9 Å². The maximum absolute atomic E-state index is 10.8. The van der Waals surface area contributed by atoms with Gasteiger partial charge >= 0.3 is 12.2 Å². The number of para-hydroxylation sites is 1. The Morgan fingerprint density at radius 2 is 0.829 bits per heavy atom. The molecule has 708 valence electrons. The van der Waals surface area contributed by atoms with E-state index in [1.165, 1.54) is 43.9 Å². The van der Waals surface area contributed by atoms with Gasteiger partial charge in [-0.05, 0) is 232 Å². The van der Waals surface area contributed by atoms with Crippen molar-refractivity contribution in [2.45, 2.75) is 113 Å².